The Morgan fingerprint density at radius 2 is 1.95 bits per heavy atom. The number of nitro benzene ring substituents is 1. The first-order valence-corrected chi connectivity index (χ1v) is 7.05. The van der Waals surface area contributed by atoms with Gasteiger partial charge in [-0.3, -0.25) is 10.1 Å². The fourth-order valence-corrected chi connectivity index (χ4v) is 2.10. The molecular formula is C15H24N2O3. The van der Waals surface area contributed by atoms with Crippen LogP contribution in [0.4, 0.5) is 5.69 Å². The Kier molecular flexibility index (Phi) is 5.95. The van der Waals surface area contributed by atoms with E-state index in [1.165, 1.54) is 6.07 Å². The van der Waals surface area contributed by atoms with Crippen LogP contribution in [0.1, 0.15) is 46.1 Å². The number of benzene rings is 1. The van der Waals surface area contributed by atoms with Crippen LogP contribution in [0, 0.1) is 10.1 Å². The molecule has 0 aliphatic carbocycles. The Hall–Kier alpha value is -1.62. The Balaban J connectivity index is 3.08. The first-order valence-electron chi connectivity index (χ1n) is 7.05. The molecule has 112 valence electrons. The number of nitro groups is 1. The van der Waals surface area contributed by atoms with Crippen molar-refractivity contribution < 1.29 is 9.66 Å². The molecule has 0 fully saturated rings. The van der Waals surface area contributed by atoms with Crippen molar-refractivity contribution in [2.24, 2.45) is 0 Å². The van der Waals surface area contributed by atoms with Crippen LogP contribution >= 0.6 is 0 Å². The van der Waals surface area contributed by atoms with Gasteiger partial charge in [0.15, 0.2) is 5.75 Å². The number of likely N-dealkylation sites (N-methyl/N-ethyl adjacent to an activating group) is 1. The van der Waals surface area contributed by atoms with Crippen LogP contribution in [0.15, 0.2) is 18.2 Å². The van der Waals surface area contributed by atoms with Gasteiger partial charge in [0.05, 0.1) is 11.0 Å². The number of nitrogens with zero attached hydrogens (tertiary/aromatic N) is 1. The smallest absolute Gasteiger partial charge is 0.310 e. The molecule has 0 aliphatic heterocycles. The number of hydrogen-bond acceptors (Lipinski definition) is 4. The van der Waals surface area contributed by atoms with Crippen LogP contribution in [-0.2, 0) is 0 Å². The molecule has 0 aromatic heterocycles. The predicted molar refractivity (Wildman–Crippen MR) is 80.4 cm³/mol. The van der Waals surface area contributed by atoms with Gasteiger partial charge in [-0.05, 0) is 44.9 Å². The largest absolute Gasteiger partial charge is 0.484 e. The summed E-state index contributed by atoms with van der Waals surface area (Å²) in [7, 11) is 0. The van der Waals surface area contributed by atoms with E-state index in [9.17, 15) is 10.1 Å². The van der Waals surface area contributed by atoms with Crippen molar-refractivity contribution in [2.45, 2.75) is 52.7 Å². The molecule has 20 heavy (non-hydrogen) atoms. The van der Waals surface area contributed by atoms with Crippen molar-refractivity contribution in [3.63, 3.8) is 0 Å². The lowest BCUT2D eigenvalue weighted by Crippen LogP contribution is -2.30. The molecule has 2 atom stereocenters. The Bertz CT molecular complexity index is 460. The Morgan fingerprint density at radius 3 is 2.45 bits per heavy atom. The van der Waals surface area contributed by atoms with Crippen molar-refractivity contribution in [3.8, 4) is 5.75 Å². The topological polar surface area (TPSA) is 64.4 Å². The zero-order valence-corrected chi connectivity index (χ0v) is 12.8. The average molecular weight is 280 g/mol. The third-order valence-electron chi connectivity index (χ3n) is 3.35. The second-order valence-electron chi connectivity index (χ2n) is 5.29. The van der Waals surface area contributed by atoms with Gasteiger partial charge in [-0.1, -0.05) is 19.9 Å². The monoisotopic (exact) mass is 280 g/mol. The van der Waals surface area contributed by atoms with Crippen molar-refractivity contribution in [1.29, 1.82) is 0 Å². The van der Waals surface area contributed by atoms with Gasteiger partial charge in [0.1, 0.15) is 0 Å². The highest BCUT2D eigenvalue weighted by Gasteiger charge is 2.20. The highest BCUT2D eigenvalue weighted by molar-refractivity contribution is 5.49. The lowest BCUT2D eigenvalue weighted by Gasteiger charge is -2.22. The first kappa shape index (κ1) is 16.4. The standard InChI is InChI=1S/C15H24N2O3/c1-6-16-12(5)11(4)13-7-8-14(17(18)19)15(9-13)20-10(2)3/h7-12,16H,6H2,1-5H3. The van der Waals surface area contributed by atoms with E-state index in [1.54, 1.807) is 6.07 Å². The minimum absolute atomic E-state index is 0.0192. The molecule has 5 nitrogen and oxygen atoms in total. The van der Waals surface area contributed by atoms with Crippen molar-refractivity contribution in [1.82, 2.24) is 5.32 Å². The van der Waals surface area contributed by atoms with Crippen molar-refractivity contribution in [2.75, 3.05) is 6.54 Å². The van der Waals surface area contributed by atoms with E-state index in [0.29, 0.717) is 11.8 Å². The molecule has 0 radical (unpaired) electrons. The quantitative estimate of drug-likeness (QED) is 0.613. The molecular weight excluding hydrogens is 256 g/mol. The molecule has 0 saturated carbocycles. The van der Waals surface area contributed by atoms with Crippen LogP contribution in [-0.4, -0.2) is 23.6 Å². The third kappa shape index (κ3) is 4.20. The first-order chi connectivity index (χ1) is 9.36. The maximum absolute atomic E-state index is 11.0. The summed E-state index contributed by atoms with van der Waals surface area (Å²) in [4.78, 5) is 10.6. The molecule has 1 aromatic carbocycles. The molecule has 1 rings (SSSR count). The van der Waals surface area contributed by atoms with Crippen LogP contribution in [0.25, 0.3) is 0 Å². The number of rotatable bonds is 7. The van der Waals surface area contributed by atoms with E-state index < -0.39 is 4.92 Å². The lowest BCUT2D eigenvalue weighted by molar-refractivity contribution is -0.386. The van der Waals surface area contributed by atoms with E-state index in [0.717, 1.165) is 12.1 Å². The Morgan fingerprint density at radius 1 is 1.30 bits per heavy atom. The fraction of sp³-hybridized carbons (Fsp3) is 0.600. The van der Waals surface area contributed by atoms with E-state index >= 15 is 0 Å². The van der Waals surface area contributed by atoms with E-state index in [1.807, 2.05) is 19.9 Å². The predicted octanol–water partition coefficient (Wildman–Crippen LogP) is 3.48. The van der Waals surface area contributed by atoms with E-state index in [2.05, 4.69) is 26.1 Å². The summed E-state index contributed by atoms with van der Waals surface area (Å²) in [5, 5.41) is 14.4. The van der Waals surface area contributed by atoms with Gasteiger partial charge in [0.2, 0.25) is 0 Å². The minimum Gasteiger partial charge on any atom is -0.484 e. The second-order valence-corrected chi connectivity index (χ2v) is 5.29. The van der Waals surface area contributed by atoms with Crippen LogP contribution in [0.2, 0.25) is 0 Å². The van der Waals surface area contributed by atoms with Gasteiger partial charge >= 0.3 is 5.69 Å². The zero-order chi connectivity index (χ0) is 15.3. The molecule has 1 N–H and O–H groups in total. The van der Waals surface area contributed by atoms with Crippen LogP contribution in [0.3, 0.4) is 0 Å². The number of nitrogens with one attached hydrogen (secondary N) is 1. The second kappa shape index (κ2) is 7.24. The van der Waals surface area contributed by atoms with E-state index in [-0.39, 0.29) is 17.7 Å². The summed E-state index contributed by atoms with van der Waals surface area (Å²) in [5.41, 5.74) is 1.06. The van der Waals surface area contributed by atoms with Gasteiger partial charge in [0, 0.05) is 12.1 Å². The molecule has 0 spiro atoms. The van der Waals surface area contributed by atoms with Gasteiger partial charge < -0.3 is 10.1 Å². The summed E-state index contributed by atoms with van der Waals surface area (Å²) in [6.07, 6.45) is -0.0922. The van der Waals surface area contributed by atoms with Gasteiger partial charge in [-0.15, -0.1) is 0 Å². The summed E-state index contributed by atoms with van der Waals surface area (Å²) in [6.45, 7) is 10.9. The summed E-state index contributed by atoms with van der Waals surface area (Å²) in [5.74, 6) is 0.600. The lowest BCUT2D eigenvalue weighted by atomic mass is 9.94. The van der Waals surface area contributed by atoms with Crippen molar-refractivity contribution >= 4 is 5.69 Å². The summed E-state index contributed by atoms with van der Waals surface area (Å²) in [6, 6.07) is 5.43. The van der Waals surface area contributed by atoms with Crippen LogP contribution < -0.4 is 10.1 Å². The zero-order valence-electron chi connectivity index (χ0n) is 12.8. The summed E-state index contributed by atoms with van der Waals surface area (Å²) >= 11 is 0. The molecule has 1 aromatic rings. The average Bonchev–Trinajstić information content (AvgIpc) is 2.37. The highest BCUT2D eigenvalue weighted by Crippen LogP contribution is 2.32. The molecule has 0 aliphatic rings. The SMILES string of the molecule is CCNC(C)C(C)c1ccc([N+](=O)[O-])c(OC(C)C)c1. The van der Waals surface area contributed by atoms with Gasteiger partial charge in [-0.2, -0.15) is 0 Å². The fourth-order valence-electron chi connectivity index (χ4n) is 2.10. The number of ether oxygens (including phenoxy) is 1. The molecule has 5 heteroatoms. The van der Waals surface area contributed by atoms with E-state index in [4.69, 9.17) is 4.74 Å². The Labute approximate surface area is 120 Å². The molecule has 0 heterocycles. The summed E-state index contributed by atoms with van der Waals surface area (Å²) < 4.78 is 5.58. The maximum atomic E-state index is 11.0. The van der Waals surface area contributed by atoms with Crippen LogP contribution in [0.5, 0.6) is 5.75 Å². The number of hydrogen-bond donors (Lipinski definition) is 1. The normalized spacial score (nSPS) is 14.1. The highest BCUT2D eigenvalue weighted by atomic mass is 16.6. The minimum atomic E-state index is -0.403. The maximum Gasteiger partial charge on any atom is 0.310 e. The molecule has 2 unspecified atom stereocenters. The molecule has 0 saturated heterocycles. The molecule has 0 amide bonds. The van der Waals surface area contributed by atoms with Gasteiger partial charge in [-0.25, -0.2) is 0 Å². The van der Waals surface area contributed by atoms with Gasteiger partial charge in [0.25, 0.3) is 0 Å². The third-order valence-corrected chi connectivity index (χ3v) is 3.35. The van der Waals surface area contributed by atoms with Crippen molar-refractivity contribution in [3.05, 3.63) is 33.9 Å². The molecule has 0 bridgehead atoms.